The Morgan fingerprint density at radius 1 is 1.21 bits per heavy atom. The Bertz CT molecular complexity index is 371. The van der Waals surface area contributed by atoms with E-state index in [2.05, 4.69) is 50.4 Å². The van der Waals surface area contributed by atoms with Gasteiger partial charge in [-0.3, -0.25) is 0 Å². The molecule has 0 radical (unpaired) electrons. The van der Waals surface area contributed by atoms with Gasteiger partial charge in [0.25, 0.3) is 0 Å². The minimum atomic E-state index is 0.252. The molecule has 0 saturated heterocycles. The molecule has 0 bridgehead atoms. The zero-order valence-electron chi connectivity index (χ0n) is 12.2. The molecular formula is C16H25NO2. The summed E-state index contributed by atoms with van der Waals surface area (Å²) < 4.78 is 11.5. The van der Waals surface area contributed by atoms with Crippen molar-refractivity contribution in [1.29, 1.82) is 0 Å². The normalized spacial score (nSPS) is 16.6. The zero-order valence-corrected chi connectivity index (χ0v) is 12.2. The summed E-state index contributed by atoms with van der Waals surface area (Å²) in [7, 11) is 0. The fraction of sp³-hybridized carbons (Fsp3) is 0.625. The Balaban J connectivity index is 1.94. The lowest BCUT2D eigenvalue weighted by atomic mass is 10.1. The summed E-state index contributed by atoms with van der Waals surface area (Å²) in [5, 5.41) is 3.46. The van der Waals surface area contributed by atoms with Crippen molar-refractivity contribution in [1.82, 2.24) is 5.32 Å². The van der Waals surface area contributed by atoms with Crippen LogP contribution in [-0.4, -0.2) is 25.4 Å². The smallest absolute Gasteiger partial charge is 0.119 e. The van der Waals surface area contributed by atoms with Crippen LogP contribution >= 0.6 is 0 Å². The van der Waals surface area contributed by atoms with Crippen LogP contribution in [0, 0.1) is 0 Å². The molecule has 1 aromatic carbocycles. The third-order valence-electron chi connectivity index (χ3n) is 3.16. The third-order valence-corrected chi connectivity index (χ3v) is 3.16. The number of hydrogen-bond donors (Lipinski definition) is 1. The second-order valence-electron chi connectivity index (χ2n) is 5.38. The summed E-state index contributed by atoms with van der Waals surface area (Å²) in [5.74, 6) is 0.978. The van der Waals surface area contributed by atoms with Gasteiger partial charge in [0.1, 0.15) is 5.75 Å². The maximum Gasteiger partial charge on any atom is 0.119 e. The molecular weight excluding hydrogens is 238 g/mol. The minimum Gasteiger partial charge on any atom is -0.490 e. The average molecular weight is 263 g/mol. The topological polar surface area (TPSA) is 30.5 Å². The molecule has 0 heterocycles. The quantitative estimate of drug-likeness (QED) is 0.780. The number of rotatable bonds is 8. The van der Waals surface area contributed by atoms with Crippen LogP contribution in [0.4, 0.5) is 0 Å². The fourth-order valence-corrected chi connectivity index (χ4v) is 1.97. The first-order valence-electron chi connectivity index (χ1n) is 7.30. The van der Waals surface area contributed by atoms with Crippen molar-refractivity contribution < 1.29 is 9.47 Å². The summed E-state index contributed by atoms with van der Waals surface area (Å²) in [6, 6.07) is 8.65. The van der Waals surface area contributed by atoms with Gasteiger partial charge >= 0.3 is 0 Å². The van der Waals surface area contributed by atoms with Gasteiger partial charge in [-0.15, -0.1) is 0 Å². The molecule has 0 spiro atoms. The van der Waals surface area contributed by atoms with Crippen LogP contribution in [0.2, 0.25) is 0 Å². The van der Waals surface area contributed by atoms with Crippen molar-refractivity contribution in [2.24, 2.45) is 0 Å². The highest BCUT2D eigenvalue weighted by Gasteiger charge is 2.23. The molecule has 1 aliphatic rings. The molecule has 0 aliphatic heterocycles. The second-order valence-corrected chi connectivity index (χ2v) is 5.38. The molecule has 2 rings (SSSR count). The predicted octanol–water partition coefficient (Wildman–Crippen LogP) is 3.30. The maximum absolute atomic E-state index is 5.77. The van der Waals surface area contributed by atoms with Crippen LogP contribution in [0.3, 0.4) is 0 Å². The summed E-state index contributed by atoms with van der Waals surface area (Å²) in [4.78, 5) is 0. The maximum atomic E-state index is 5.77. The van der Waals surface area contributed by atoms with E-state index in [9.17, 15) is 0 Å². The van der Waals surface area contributed by atoms with Crippen LogP contribution in [0.1, 0.15) is 45.2 Å². The molecule has 1 unspecified atom stereocenters. The molecule has 1 atom stereocenters. The Morgan fingerprint density at radius 2 is 1.89 bits per heavy atom. The second kappa shape index (κ2) is 6.92. The number of likely N-dealkylation sites (N-methyl/N-ethyl adjacent to an activating group) is 1. The standard InChI is InChI=1S/C16H25NO2/c1-4-17-16(11-18-12(2)3)13-5-7-14(8-6-13)19-15-9-10-15/h5-8,12,15-17H,4,9-11H2,1-3H3. The Morgan fingerprint density at radius 3 is 2.42 bits per heavy atom. The van der Waals surface area contributed by atoms with Gasteiger partial charge in [0.2, 0.25) is 0 Å². The van der Waals surface area contributed by atoms with E-state index in [4.69, 9.17) is 9.47 Å². The van der Waals surface area contributed by atoms with Crippen LogP contribution in [-0.2, 0) is 4.74 Å². The van der Waals surface area contributed by atoms with Gasteiger partial charge < -0.3 is 14.8 Å². The van der Waals surface area contributed by atoms with Gasteiger partial charge in [-0.05, 0) is 50.9 Å². The van der Waals surface area contributed by atoms with Crippen molar-refractivity contribution in [2.75, 3.05) is 13.2 Å². The average Bonchev–Trinajstić information content (AvgIpc) is 3.19. The minimum absolute atomic E-state index is 0.252. The van der Waals surface area contributed by atoms with E-state index < -0.39 is 0 Å². The van der Waals surface area contributed by atoms with Crippen LogP contribution in [0.5, 0.6) is 5.75 Å². The van der Waals surface area contributed by atoms with Gasteiger partial charge in [0, 0.05) is 0 Å². The number of nitrogens with one attached hydrogen (secondary N) is 1. The summed E-state index contributed by atoms with van der Waals surface area (Å²) in [5.41, 5.74) is 1.26. The van der Waals surface area contributed by atoms with E-state index in [1.165, 1.54) is 18.4 Å². The van der Waals surface area contributed by atoms with Gasteiger partial charge in [-0.25, -0.2) is 0 Å². The lowest BCUT2D eigenvalue weighted by molar-refractivity contribution is 0.0614. The fourth-order valence-electron chi connectivity index (χ4n) is 1.97. The number of benzene rings is 1. The van der Waals surface area contributed by atoms with Crippen LogP contribution in [0.15, 0.2) is 24.3 Å². The highest BCUT2D eigenvalue weighted by atomic mass is 16.5. The molecule has 1 N–H and O–H groups in total. The Kier molecular flexibility index (Phi) is 5.23. The van der Waals surface area contributed by atoms with Gasteiger partial charge in [0.15, 0.2) is 0 Å². The monoisotopic (exact) mass is 263 g/mol. The third kappa shape index (κ3) is 4.84. The Labute approximate surface area is 116 Å². The zero-order chi connectivity index (χ0) is 13.7. The first-order chi connectivity index (χ1) is 9.19. The van der Waals surface area contributed by atoms with Crippen molar-refractivity contribution in [2.45, 2.75) is 51.9 Å². The molecule has 3 nitrogen and oxygen atoms in total. The number of hydrogen-bond acceptors (Lipinski definition) is 3. The van der Waals surface area contributed by atoms with Crippen LogP contribution in [0.25, 0.3) is 0 Å². The first kappa shape index (κ1) is 14.4. The SMILES string of the molecule is CCNC(COC(C)C)c1ccc(OC2CC2)cc1. The molecule has 19 heavy (non-hydrogen) atoms. The molecule has 106 valence electrons. The highest BCUT2D eigenvalue weighted by molar-refractivity contribution is 5.29. The molecule has 0 aromatic heterocycles. The molecule has 1 aromatic rings. The van der Waals surface area contributed by atoms with E-state index in [1.54, 1.807) is 0 Å². The van der Waals surface area contributed by atoms with Crippen molar-refractivity contribution in [3.8, 4) is 5.75 Å². The largest absolute Gasteiger partial charge is 0.490 e. The van der Waals surface area contributed by atoms with E-state index in [0.717, 1.165) is 12.3 Å². The van der Waals surface area contributed by atoms with E-state index in [0.29, 0.717) is 12.7 Å². The van der Waals surface area contributed by atoms with Crippen molar-refractivity contribution in [3.63, 3.8) is 0 Å². The molecule has 1 aliphatic carbocycles. The van der Waals surface area contributed by atoms with Crippen molar-refractivity contribution in [3.05, 3.63) is 29.8 Å². The van der Waals surface area contributed by atoms with Gasteiger partial charge in [-0.2, -0.15) is 0 Å². The molecule has 3 heteroatoms. The molecule has 1 saturated carbocycles. The molecule has 1 fully saturated rings. The van der Waals surface area contributed by atoms with Gasteiger partial charge in [0.05, 0.1) is 24.9 Å². The highest BCUT2D eigenvalue weighted by Crippen LogP contribution is 2.27. The van der Waals surface area contributed by atoms with E-state index in [-0.39, 0.29) is 12.1 Å². The first-order valence-corrected chi connectivity index (χ1v) is 7.30. The predicted molar refractivity (Wildman–Crippen MR) is 77.6 cm³/mol. The van der Waals surface area contributed by atoms with E-state index in [1.807, 2.05) is 0 Å². The van der Waals surface area contributed by atoms with Gasteiger partial charge in [-0.1, -0.05) is 19.1 Å². The number of ether oxygens (including phenoxy) is 2. The molecule has 0 amide bonds. The summed E-state index contributed by atoms with van der Waals surface area (Å²) in [6.07, 6.45) is 3.12. The summed E-state index contributed by atoms with van der Waals surface area (Å²) in [6.45, 7) is 7.89. The lowest BCUT2D eigenvalue weighted by Crippen LogP contribution is -2.26. The lowest BCUT2D eigenvalue weighted by Gasteiger charge is -2.20. The summed E-state index contributed by atoms with van der Waals surface area (Å²) >= 11 is 0. The van der Waals surface area contributed by atoms with Crippen LogP contribution < -0.4 is 10.1 Å². The Hall–Kier alpha value is -1.06. The van der Waals surface area contributed by atoms with E-state index >= 15 is 0 Å². The van der Waals surface area contributed by atoms with Crippen molar-refractivity contribution >= 4 is 0 Å².